The fourth-order valence-corrected chi connectivity index (χ4v) is 2.98. The summed E-state index contributed by atoms with van der Waals surface area (Å²) in [7, 11) is 0. The van der Waals surface area contributed by atoms with Gasteiger partial charge in [0.05, 0.1) is 13.2 Å². The first-order valence-corrected chi connectivity index (χ1v) is 9.10. The van der Waals surface area contributed by atoms with Gasteiger partial charge in [-0.05, 0) is 45.7 Å². The second-order valence-electron chi connectivity index (χ2n) is 6.05. The van der Waals surface area contributed by atoms with E-state index in [2.05, 4.69) is 22.1 Å². The molecule has 142 valence electrons. The van der Waals surface area contributed by atoms with E-state index in [9.17, 15) is 4.79 Å². The smallest absolute Gasteiger partial charge is 0.305 e. The Labute approximate surface area is 164 Å². The van der Waals surface area contributed by atoms with E-state index < -0.39 is 0 Å². The van der Waals surface area contributed by atoms with Crippen LogP contribution in [0.3, 0.4) is 0 Å². The summed E-state index contributed by atoms with van der Waals surface area (Å²) in [5.74, 6) is 0.467. The van der Waals surface area contributed by atoms with Crippen molar-refractivity contribution in [3.8, 4) is 0 Å². The zero-order chi connectivity index (χ0) is 16.9. The first-order valence-electron chi connectivity index (χ1n) is 9.10. The van der Waals surface area contributed by atoms with E-state index in [0.29, 0.717) is 25.0 Å². The molecule has 0 bridgehead atoms. The van der Waals surface area contributed by atoms with Crippen LogP contribution in [0.15, 0.2) is 4.99 Å². The molecule has 1 fully saturated rings. The van der Waals surface area contributed by atoms with Crippen molar-refractivity contribution in [2.45, 2.75) is 64.8 Å². The van der Waals surface area contributed by atoms with E-state index in [4.69, 9.17) is 10.5 Å². The fourth-order valence-electron chi connectivity index (χ4n) is 2.98. The lowest BCUT2D eigenvalue weighted by atomic mass is 10.1. The average Bonchev–Trinajstić information content (AvgIpc) is 2.99. The molecule has 3 N–H and O–H groups in total. The molecule has 1 heterocycles. The predicted molar refractivity (Wildman–Crippen MR) is 110 cm³/mol. The minimum absolute atomic E-state index is 0. The number of likely N-dealkylation sites (N-methyl/N-ethyl adjacent to an activating group) is 1. The van der Waals surface area contributed by atoms with E-state index in [1.807, 2.05) is 6.92 Å². The van der Waals surface area contributed by atoms with Crippen LogP contribution in [0.2, 0.25) is 0 Å². The molecule has 24 heavy (non-hydrogen) atoms. The lowest BCUT2D eigenvalue weighted by Gasteiger charge is -2.20. The highest BCUT2D eigenvalue weighted by molar-refractivity contribution is 14.0. The summed E-state index contributed by atoms with van der Waals surface area (Å²) in [4.78, 5) is 18.1. The molecule has 0 amide bonds. The Bertz CT molecular complexity index is 366. The van der Waals surface area contributed by atoms with Gasteiger partial charge in [-0.2, -0.15) is 0 Å². The van der Waals surface area contributed by atoms with Crippen LogP contribution in [-0.4, -0.2) is 55.7 Å². The van der Waals surface area contributed by atoms with Gasteiger partial charge in [0.25, 0.3) is 0 Å². The van der Waals surface area contributed by atoms with Crippen LogP contribution in [-0.2, 0) is 9.53 Å². The second-order valence-corrected chi connectivity index (χ2v) is 6.05. The highest BCUT2D eigenvalue weighted by atomic mass is 127. The van der Waals surface area contributed by atoms with E-state index in [1.165, 1.54) is 19.4 Å². The lowest BCUT2D eigenvalue weighted by Crippen LogP contribution is -2.36. The van der Waals surface area contributed by atoms with E-state index in [1.54, 1.807) is 0 Å². The van der Waals surface area contributed by atoms with Crippen LogP contribution in [0.1, 0.15) is 58.8 Å². The Morgan fingerprint density at radius 1 is 1.29 bits per heavy atom. The van der Waals surface area contributed by atoms with Gasteiger partial charge >= 0.3 is 5.97 Å². The number of halogens is 1. The number of rotatable bonds is 11. The zero-order valence-corrected chi connectivity index (χ0v) is 17.6. The first-order chi connectivity index (χ1) is 11.2. The van der Waals surface area contributed by atoms with Crippen LogP contribution in [0, 0.1) is 0 Å². The number of carbonyl (C=O) groups excluding carboxylic acids is 1. The van der Waals surface area contributed by atoms with Crippen LogP contribution in [0.4, 0.5) is 0 Å². The number of aliphatic imine (C=N–C) groups is 1. The SMILES string of the molecule is CCOC(=O)CCCCCCNC(N)=NCC1CCCN1CC.I. The summed E-state index contributed by atoms with van der Waals surface area (Å²) in [6.07, 6.45) is 7.11. The minimum atomic E-state index is -0.0879. The van der Waals surface area contributed by atoms with Gasteiger partial charge in [-0.3, -0.25) is 14.7 Å². The first kappa shape index (κ1) is 23.4. The molecule has 1 unspecified atom stereocenters. The van der Waals surface area contributed by atoms with E-state index >= 15 is 0 Å². The fraction of sp³-hybridized carbons (Fsp3) is 0.882. The number of hydrogen-bond acceptors (Lipinski definition) is 4. The highest BCUT2D eigenvalue weighted by Gasteiger charge is 2.22. The maximum atomic E-state index is 11.2. The third-order valence-electron chi connectivity index (χ3n) is 4.30. The topological polar surface area (TPSA) is 79.9 Å². The monoisotopic (exact) mass is 454 g/mol. The van der Waals surface area contributed by atoms with Crippen molar-refractivity contribution in [2.75, 3.05) is 32.8 Å². The average molecular weight is 454 g/mol. The van der Waals surface area contributed by atoms with Crippen LogP contribution < -0.4 is 11.1 Å². The summed E-state index contributed by atoms with van der Waals surface area (Å²) in [5, 5.41) is 3.18. The molecule has 0 aromatic rings. The molecule has 1 aliphatic heterocycles. The molecule has 1 aliphatic rings. The predicted octanol–water partition coefficient (Wildman–Crippen LogP) is 2.51. The summed E-state index contributed by atoms with van der Waals surface area (Å²) >= 11 is 0. The van der Waals surface area contributed by atoms with Gasteiger partial charge in [0.15, 0.2) is 5.96 Å². The number of esters is 1. The third-order valence-corrected chi connectivity index (χ3v) is 4.30. The van der Waals surface area contributed by atoms with Gasteiger partial charge in [-0.15, -0.1) is 24.0 Å². The summed E-state index contributed by atoms with van der Waals surface area (Å²) in [5.41, 5.74) is 5.91. The Morgan fingerprint density at radius 3 is 2.75 bits per heavy atom. The number of hydrogen-bond donors (Lipinski definition) is 2. The number of ether oxygens (including phenoxy) is 1. The van der Waals surface area contributed by atoms with Gasteiger partial charge in [0.2, 0.25) is 0 Å². The van der Waals surface area contributed by atoms with Crippen LogP contribution in [0.5, 0.6) is 0 Å². The van der Waals surface area contributed by atoms with Crippen molar-refractivity contribution >= 4 is 35.9 Å². The van der Waals surface area contributed by atoms with Crippen molar-refractivity contribution < 1.29 is 9.53 Å². The number of nitrogens with two attached hydrogens (primary N) is 1. The molecule has 7 heteroatoms. The normalized spacial score (nSPS) is 18.2. The van der Waals surface area contributed by atoms with Crippen molar-refractivity contribution in [2.24, 2.45) is 10.7 Å². The molecule has 0 spiro atoms. The third kappa shape index (κ3) is 10.3. The molecular weight excluding hydrogens is 419 g/mol. The molecule has 1 saturated heterocycles. The molecule has 6 nitrogen and oxygen atoms in total. The zero-order valence-electron chi connectivity index (χ0n) is 15.3. The number of unbranched alkanes of at least 4 members (excludes halogenated alkanes) is 3. The molecule has 0 aromatic carbocycles. The van der Waals surface area contributed by atoms with Crippen molar-refractivity contribution in [1.82, 2.24) is 10.2 Å². The Morgan fingerprint density at radius 2 is 2.04 bits per heavy atom. The van der Waals surface area contributed by atoms with Gasteiger partial charge in [-0.25, -0.2) is 0 Å². The molecule has 1 rings (SSSR count). The van der Waals surface area contributed by atoms with Crippen molar-refractivity contribution in [1.29, 1.82) is 0 Å². The highest BCUT2D eigenvalue weighted by Crippen LogP contribution is 2.16. The quantitative estimate of drug-likeness (QED) is 0.165. The standard InChI is InChI=1S/C17H34N4O2.HI/c1-3-21-13-9-10-15(21)14-20-17(18)19-12-8-6-5-7-11-16(22)23-4-2;/h15H,3-14H2,1-2H3,(H3,18,19,20);1H. The number of carbonyl (C=O) groups is 1. The van der Waals surface area contributed by atoms with E-state index in [0.717, 1.165) is 45.3 Å². The number of guanidine groups is 1. The van der Waals surface area contributed by atoms with Crippen molar-refractivity contribution in [3.63, 3.8) is 0 Å². The summed E-state index contributed by atoms with van der Waals surface area (Å²) < 4.78 is 4.90. The Hall–Kier alpha value is -0.570. The van der Waals surface area contributed by atoms with Crippen LogP contribution in [0.25, 0.3) is 0 Å². The Kier molecular flexibility index (Phi) is 14.4. The maximum absolute atomic E-state index is 11.2. The van der Waals surface area contributed by atoms with Gasteiger partial charge in [0.1, 0.15) is 0 Å². The van der Waals surface area contributed by atoms with Crippen molar-refractivity contribution in [3.05, 3.63) is 0 Å². The number of nitrogens with zero attached hydrogens (tertiary/aromatic N) is 2. The maximum Gasteiger partial charge on any atom is 0.305 e. The molecule has 0 radical (unpaired) electrons. The summed E-state index contributed by atoms with van der Waals surface area (Å²) in [6.45, 7) is 8.43. The molecular formula is C17H35IN4O2. The van der Waals surface area contributed by atoms with E-state index in [-0.39, 0.29) is 29.9 Å². The molecule has 1 atom stereocenters. The summed E-state index contributed by atoms with van der Waals surface area (Å²) in [6, 6.07) is 0.559. The minimum Gasteiger partial charge on any atom is -0.466 e. The van der Waals surface area contributed by atoms with Gasteiger partial charge in [0, 0.05) is 19.0 Å². The number of likely N-dealkylation sites (tertiary alicyclic amines) is 1. The van der Waals surface area contributed by atoms with Gasteiger partial charge < -0.3 is 15.8 Å². The molecule has 0 aliphatic carbocycles. The molecule has 0 saturated carbocycles. The second kappa shape index (κ2) is 14.7. The molecule has 0 aromatic heterocycles. The number of nitrogens with one attached hydrogen (secondary N) is 1. The largest absolute Gasteiger partial charge is 0.466 e. The Balaban J connectivity index is 0.00000529. The van der Waals surface area contributed by atoms with Gasteiger partial charge in [-0.1, -0.05) is 19.8 Å². The van der Waals surface area contributed by atoms with Crippen LogP contribution >= 0.6 is 24.0 Å². The lowest BCUT2D eigenvalue weighted by molar-refractivity contribution is -0.143.